The van der Waals surface area contributed by atoms with Gasteiger partial charge in [0, 0.05) is 23.5 Å². The van der Waals surface area contributed by atoms with E-state index in [1.165, 1.54) is 25.7 Å². The Kier molecular flexibility index (Phi) is 5.88. The summed E-state index contributed by atoms with van der Waals surface area (Å²) in [6.45, 7) is 0.123. The Morgan fingerprint density at radius 1 is 1.32 bits per heavy atom. The van der Waals surface area contributed by atoms with Crippen molar-refractivity contribution in [2.75, 3.05) is 13.7 Å². The van der Waals surface area contributed by atoms with Crippen molar-refractivity contribution in [2.24, 2.45) is 23.5 Å². The summed E-state index contributed by atoms with van der Waals surface area (Å²) >= 11 is 0. The minimum atomic E-state index is -0.334. The summed E-state index contributed by atoms with van der Waals surface area (Å²) in [7, 11) is 1.71. The zero-order valence-corrected chi connectivity index (χ0v) is 17.1. The number of aliphatic hydroxyl groups is 1. The number of ether oxygens (including phenoxy) is 1. The van der Waals surface area contributed by atoms with Crippen LogP contribution < -0.4 is 10.5 Å². The van der Waals surface area contributed by atoms with Crippen LogP contribution in [-0.2, 0) is 6.42 Å². The van der Waals surface area contributed by atoms with Crippen LogP contribution in [0, 0.1) is 17.8 Å². The molecule has 0 radical (unpaired) electrons. The number of fused-ring (bicyclic) bond motifs is 1. The van der Waals surface area contributed by atoms with Gasteiger partial charge in [-0.2, -0.15) is 0 Å². The highest BCUT2D eigenvalue weighted by Gasteiger charge is 2.39. The topological polar surface area (TPSA) is 68.4 Å². The van der Waals surface area contributed by atoms with E-state index in [2.05, 4.69) is 23.2 Å². The molecule has 0 aliphatic heterocycles. The third-order valence-electron chi connectivity index (χ3n) is 7.23. The number of aryl methyl sites for hydroxylation is 1. The summed E-state index contributed by atoms with van der Waals surface area (Å²) in [5.74, 6) is 2.91. The fourth-order valence-electron chi connectivity index (χ4n) is 5.43. The number of aliphatic hydroxyl groups excluding tert-OH is 1. The van der Waals surface area contributed by atoms with Gasteiger partial charge in [0.1, 0.15) is 5.75 Å². The summed E-state index contributed by atoms with van der Waals surface area (Å²) in [4.78, 5) is 4.49. The van der Waals surface area contributed by atoms with E-state index >= 15 is 0 Å². The highest BCUT2D eigenvalue weighted by molar-refractivity contribution is 5.37. The Bertz CT molecular complexity index is 757. The third kappa shape index (κ3) is 4.33. The normalized spacial score (nSPS) is 32.5. The van der Waals surface area contributed by atoms with Crippen molar-refractivity contribution in [2.45, 2.75) is 63.3 Å². The molecule has 0 amide bonds. The SMILES string of the molecule is COc1ccnc(CC[C@H]2CCC3=CC([C@H]4CC[C@](N)(CO)C4)CC=C3C2)c1. The number of rotatable bonds is 6. The molecule has 4 rings (SSSR count). The largest absolute Gasteiger partial charge is 0.497 e. The first kappa shape index (κ1) is 19.7. The van der Waals surface area contributed by atoms with Gasteiger partial charge in [-0.15, -0.1) is 0 Å². The maximum atomic E-state index is 9.56. The highest BCUT2D eigenvalue weighted by atomic mass is 16.5. The minimum Gasteiger partial charge on any atom is -0.497 e. The van der Waals surface area contributed by atoms with Crippen LogP contribution in [-0.4, -0.2) is 29.3 Å². The van der Waals surface area contributed by atoms with Gasteiger partial charge in [-0.05, 0) is 92.8 Å². The van der Waals surface area contributed by atoms with Crippen LogP contribution in [0.15, 0.2) is 41.6 Å². The van der Waals surface area contributed by atoms with Crippen molar-refractivity contribution in [1.82, 2.24) is 4.98 Å². The van der Waals surface area contributed by atoms with Crippen molar-refractivity contribution < 1.29 is 9.84 Å². The van der Waals surface area contributed by atoms with Crippen LogP contribution in [0.3, 0.4) is 0 Å². The Morgan fingerprint density at radius 2 is 2.21 bits per heavy atom. The maximum absolute atomic E-state index is 9.56. The lowest BCUT2D eigenvalue weighted by Crippen LogP contribution is -2.41. The van der Waals surface area contributed by atoms with Crippen LogP contribution in [0.2, 0.25) is 0 Å². The molecule has 1 unspecified atom stereocenters. The molecule has 3 aliphatic rings. The molecule has 28 heavy (non-hydrogen) atoms. The van der Waals surface area contributed by atoms with Crippen molar-refractivity contribution in [1.29, 1.82) is 0 Å². The molecule has 0 saturated heterocycles. The predicted molar refractivity (Wildman–Crippen MR) is 112 cm³/mol. The number of hydrogen-bond acceptors (Lipinski definition) is 4. The molecule has 1 heterocycles. The lowest BCUT2D eigenvalue weighted by atomic mass is 9.73. The molecule has 1 aromatic rings. The van der Waals surface area contributed by atoms with Crippen molar-refractivity contribution >= 4 is 0 Å². The molecule has 2 fully saturated rings. The third-order valence-corrected chi connectivity index (χ3v) is 7.23. The predicted octanol–water partition coefficient (Wildman–Crippen LogP) is 4.19. The zero-order valence-electron chi connectivity index (χ0n) is 17.1. The minimum absolute atomic E-state index is 0.123. The summed E-state index contributed by atoms with van der Waals surface area (Å²) in [5.41, 5.74) is 10.3. The molecule has 0 bridgehead atoms. The first-order valence-electron chi connectivity index (χ1n) is 10.9. The molecule has 1 aromatic heterocycles. The van der Waals surface area contributed by atoms with Gasteiger partial charge in [-0.1, -0.05) is 12.2 Å². The molecular formula is C24H34N2O2. The van der Waals surface area contributed by atoms with Crippen LogP contribution >= 0.6 is 0 Å². The zero-order chi connectivity index (χ0) is 19.6. The Morgan fingerprint density at radius 3 is 3.00 bits per heavy atom. The quantitative estimate of drug-likeness (QED) is 0.774. The first-order valence-corrected chi connectivity index (χ1v) is 10.9. The van der Waals surface area contributed by atoms with Crippen molar-refractivity contribution in [3.63, 3.8) is 0 Å². The number of methoxy groups -OCH3 is 1. The standard InChI is InChI=1S/C24H34N2O2/c1-28-23-9-11-26-22(14-23)7-3-17-2-4-19-13-20(6-5-18(19)12-17)21-8-10-24(25,15-21)16-27/h5,9,11,13-14,17,20-21,27H,2-4,6-8,10,12,15-16,25H2,1H3/t17-,20?,21+,24-/m1/s1. The van der Waals surface area contributed by atoms with Gasteiger partial charge < -0.3 is 15.6 Å². The first-order chi connectivity index (χ1) is 13.6. The monoisotopic (exact) mass is 382 g/mol. The summed E-state index contributed by atoms with van der Waals surface area (Å²) in [6, 6.07) is 3.97. The summed E-state index contributed by atoms with van der Waals surface area (Å²) in [6.07, 6.45) is 17.1. The van der Waals surface area contributed by atoms with Gasteiger partial charge in [-0.25, -0.2) is 0 Å². The van der Waals surface area contributed by atoms with E-state index in [0.29, 0.717) is 11.8 Å². The van der Waals surface area contributed by atoms with Gasteiger partial charge in [0.05, 0.1) is 13.7 Å². The molecule has 4 atom stereocenters. The smallest absolute Gasteiger partial charge is 0.122 e. The summed E-state index contributed by atoms with van der Waals surface area (Å²) < 4.78 is 5.31. The highest BCUT2D eigenvalue weighted by Crippen LogP contribution is 2.45. The molecule has 152 valence electrons. The lowest BCUT2D eigenvalue weighted by molar-refractivity contribution is 0.192. The van der Waals surface area contributed by atoms with E-state index in [9.17, 15) is 5.11 Å². The van der Waals surface area contributed by atoms with E-state index in [1.54, 1.807) is 18.3 Å². The number of allylic oxidation sites excluding steroid dienone is 4. The van der Waals surface area contributed by atoms with Gasteiger partial charge in [0.2, 0.25) is 0 Å². The molecule has 0 spiro atoms. The molecule has 0 aromatic carbocycles. The van der Waals surface area contributed by atoms with Crippen LogP contribution in [0.4, 0.5) is 0 Å². The van der Waals surface area contributed by atoms with Gasteiger partial charge in [-0.3, -0.25) is 4.98 Å². The van der Waals surface area contributed by atoms with Gasteiger partial charge in [0.25, 0.3) is 0 Å². The fourth-order valence-corrected chi connectivity index (χ4v) is 5.43. The van der Waals surface area contributed by atoms with Crippen molar-refractivity contribution in [3.05, 3.63) is 47.3 Å². The lowest BCUT2D eigenvalue weighted by Gasteiger charge is -2.33. The van der Waals surface area contributed by atoms with E-state index in [-0.39, 0.29) is 12.1 Å². The molecule has 2 saturated carbocycles. The van der Waals surface area contributed by atoms with Crippen LogP contribution in [0.1, 0.15) is 57.1 Å². The fraction of sp³-hybridized carbons (Fsp3) is 0.625. The second-order valence-corrected chi connectivity index (χ2v) is 9.18. The Hall–Kier alpha value is -1.65. The Balaban J connectivity index is 1.31. The second-order valence-electron chi connectivity index (χ2n) is 9.18. The van der Waals surface area contributed by atoms with Crippen LogP contribution in [0.25, 0.3) is 0 Å². The molecule has 4 nitrogen and oxygen atoms in total. The van der Waals surface area contributed by atoms with E-state index in [0.717, 1.165) is 49.5 Å². The van der Waals surface area contributed by atoms with Gasteiger partial charge >= 0.3 is 0 Å². The summed E-state index contributed by atoms with van der Waals surface area (Å²) in [5, 5.41) is 9.56. The van der Waals surface area contributed by atoms with E-state index < -0.39 is 0 Å². The Labute approximate surface area is 168 Å². The molecule has 3 aliphatic carbocycles. The molecule has 3 N–H and O–H groups in total. The van der Waals surface area contributed by atoms with E-state index in [4.69, 9.17) is 10.5 Å². The average molecular weight is 383 g/mol. The van der Waals surface area contributed by atoms with Gasteiger partial charge in [0.15, 0.2) is 0 Å². The number of pyridine rings is 1. The molecule has 4 heteroatoms. The van der Waals surface area contributed by atoms with Crippen molar-refractivity contribution in [3.8, 4) is 5.75 Å². The average Bonchev–Trinajstić information content (AvgIpc) is 3.14. The number of nitrogens with two attached hydrogens (primary N) is 1. The number of nitrogens with zero attached hydrogens (tertiary/aromatic N) is 1. The van der Waals surface area contributed by atoms with E-state index in [1.807, 2.05) is 12.3 Å². The number of aromatic nitrogens is 1. The van der Waals surface area contributed by atoms with Crippen LogP contribution in [0.5, 0.6) is 5.75 Å². The maximum Gasteiger partial charge on any atom is 0.122 e. The number of hydrogen-bond donors (Lipinski definition) is 2. The second kappa shape index (κ2) is 8.38. The molecular weight excluding hydrogens is 348 g/mol.